The predicted molar refractivity (Wildman–Crippen MR) is 207 cm³/mol. The quantitative estimate of drug-likeness (QED) is 0.185. The van der Waals surface area contributed by atoms with E-state index in [9.17, 15) is 0 Å². The smallest absolute Gasteiger partial charge is 0.160 e. The molecule has 0 aliphatic carbocycles. The molecule has 0 atom stereocenters. The number of pyridine rings is 1. The molecule has 4 nitrogen and oxygen atoms in total. The Morgan fingerprint density at radius 2 is 1.12 bits per heavy atom. The van der Waals surface area contributed by atoms with Gasteiger partial charge in [-0.15, -0.1) is 11.3 Å². The van der Waals surface area contributed by atoms with Crippen molar-refractivity contribution < 1.29 is 4.42 Å². The summed E-state index contributed by atoms with van der Waals surface area (Å²) in [6.07, 6.45) is 1.82. The van der Waals surface area contributed by atoms with Crippen molar-refractivity contribution in [2.24, 2.45) is 0 Å². The van der Waals surface area contributed by atoms with E-state index >= 15 is 0 Å². The minimum absolute atomic E-state index is 0.662. The topological polar surface area (TPSA) is 51.8 Å². The van der Waals surface area contributed by atoms with E-state index in [2.05, 4.69) is 114 Å². The number of fused-ring (bicyclic) bond motifs is 6. The molecule has 0 saturated heterocycles. The summed E-state index contributed by atoms with van der Waals surface area (Å²) in [6.45, 7) is 0. The Kier molecular flexibility index (Phi) is 6.64. The third-order valence-electron chi connectivity index (χ3n) is 9.39. The normalized spacial score (nSPS) is 11.6. The lowest BCUT2D eigenvalue weighted by Crippen LogP contribution is -1.96. The Morgan fingerprint density at radius 3 is 1.96 bits per heavy atom. The largest absolute Gasteiger partial charge is 0.455 e. The first-order valence-corrected chi connectivity index (χ1v) is 17.4. The van der Waals surface area contributed by atoms with Gasteiger partial charge in [0.25, 0.3) is 0 Å². The van der Waals surface area contributed by atoms with E-state index < -0.39 is 0 Å². The van der Waals surface area contributed by atoms with Crippen LogP contribution in [0.2, 0.25) is 0 Å². The van der Waals surface area contributed by atoms with Crippen molar-refractivity contribution in [2.75, 3.05) is 0 Å². The van der Waals surface area contributed by atoms with Crippen LogP contribution in [0.1, 0.15) is 0 Å². The summed E-state index contributed by atoms with van der Waals surface area (Å²) >= 11 is 1.84. The predicted octanol–water partition coefficient (Wildman–Crippen LogP) is 12.5. The van der Waals surface area contributed by atoms with E-state index in [0.29, 0.717) is 5.82 Å². The van der Waals surface area contributed by atoms with Crippen LogP contribution < -0.4 is 0 Å². The minimum Gasteiger partial charge on any atom is -0.455 e. The Labute approximate surface area is 292 Å². The van der Waals surface area contributed by atoms with E-state index in [-0.39, 0.29) is 0 Å². The maximum absolute atomic E-state index is 6.73. The van der Waals surface area contributed by atoms with Crippen molar-refractivity contribution in [3.8, 4) is 56.3 Å². The van der Waals surface area contributed by atoms with E-state index in [0.717, 1.165) is 72.4 Å². The Morgan fingerprint density at radius 1 is 0.440 bits per heavy atom. The highest BCUT2D eigenvalue weighted by Crippen LogP contribution is 2.44. The summed E-state index contributed by atoms with van der Waals surface area (Å²) in [6, 6.07) is 54.7. The van der Waals surface area contributed by atoms with E-state index in [1.807, 2.05) is 66.1 Å². The molecule has 234 valence electrons. The first kappa shape index (κ1) is 28.6. The van der Waals surface area contributed by atoms with Crippen molar-refractivity contribution in [3.63, 3.8) is 0 Å². The van der Waals surface area contributed by atoms with E-state index in [1.165, 1.54) is 20.2 Å². The van der Waals surface area contributed by atoms with Gasteiger partial charge in [-0.2, -0.15) is 0 Å². The van der Waals surface area contributed by atoms with Crippen LogP contribution in [0.15, 0.2) is 168 Å². The second kappa shape index (κ2) is 11.6. The first-order chi connectivity index (χ1) is 24.8. The first-order valence-electron chi connectivity index (χ1n) is 16.6. The van der Waals surface area contributed by atoms with Gasteiger partial charge in [0.15, 0.2) is 5.82 Å². The third-order valence-corrected chi connectivity index (χ3v) is 10.5. The molecule has 0 radical (unpaired) electrons. The Balaban J connectivity index is 1.18. The number of furan rings is 1. The number of para-hydroxylation sites is 1. The lowest BCUT2D eigenvalue weighted by atomic mass is 9.95. The number of thiophene rings is 1. The maximum atomic E-state index is 6.73. The van der Waals surface area contributed by atoms with Crippen LogP contribution in [0.5, 0.6) is 0 Å². The van der Waals surface area contributed by atoms with Gasteiger partial charge >= 0.3 is 0 Å². The molecule has 0 bridgehead atoms. The number of hydrogen-bond donors (Lipinski definition) is 0. The van der Waals surface area contributed by atoms with E-state index in [4.69, 9.17) is 14.4 Å². The van der Waals surface area contributed by atoms with Crippen LogP contribution >= 0.6 is 11.3 Å². The molecular weight excluding hydrogens is 631 g/mol. The molecule has 10 aromatic rings. The summed E-state index contributed by atoms with van der Waals surface area (Å²) in [5, 5.41) is 4.72. The number of nitrogens with zero attached hydrogens (tertiary/aromatic N) is 3. The fraction of sp³-hybridized carbons (Fsp3) is 0. The molecule has 0 N–H and O–H groups in total. The molecule has 4 heterocycles. The molecule has 0 fully saturated rings. The zero-order chi connectivity index (χ0) is 33.0. The van der Waals surface area contributed by atoms with Crippen molar-refractivity contribution in [1.29, 1.82) is 0 Å². The van der Waals surface area contributed by atoms with Gasteiger partial charge in [0.05, 0.1) is 17.1 Å². The van der Waals surface area contributed by atoms with Gasteiger partial charge in [0.2, 0.25) is 0 Å². The molecule has 50 heavy (non-hydrogen) atoms. The molecule has 0 unspecified atom stereocenters. The van der Waals surface area contributed by atoms with Crippen LogP contribution in [-0.2, 0) is 0 Å². The van der Waals surface area contributed by atoms with Gasteiger partial charge in [0, 0.05) is 59.4 Å². The molecule has 0 saturated carbocycles. The van der Waals surface area contributed by atoms with Gasteiger partial charge in [-0.25, -0.2) is 9.97 Å². The number of rotatable bonds is 5. The molecule has 0 spiro atoms. The summed E-state index contributed by atoms with van der Waals surface area (Å²) in [5.74, 6) is 0.662. The van der Waals surface area contributed by atoms with Gasteiger partial charge < -0.3 is 4.42 Å². The zero-order valence-corrected chi connectivity index (χ0v) is 27.6. The summed E-state index contributed by atoms with van der Waals surface area (Å²) < 4.78 is 9.32. The third kappa shape index (κ3) is 4.79. The highest BCUT2D eigenvalue weighted by atomic mass is 32.1. The van der Waals surface area contributed by atoms with Gasteiger partial charge in [0.1, 0.15) is 11.2 Å². The molecule has 0 aliphatic rings. The highest BCUT2D eigenvalue weighted by molar-refractivity contribution is 7.25. The summed E-state index contributed by atoms with van der Waals surface area (Å²) in [4.78, 5) is 14.8. The van der Waals surface area contributed by atoms with Crippen molar-refractivity contribution >= 4 is 53.4 Å². The molecule has 5 heteroatoms. The van der Waals surface area contributed by atoms with Crippen LogP contribution in [-0.4, -0.2) is 15.0 Å². The van der Waals surface area contributed by atoms with Gasteiger partial charge in [-0.1, -0.05) is 109 Å². The SMILES string of the molecule is c1ccc(-c2nc(-c3ccc(-c4ccccn4)cc3)cc(-c3ccc(-c4ccc5sc6ccccc6c5c4)c4c3oc3ccccc34)n2)cc1. The van der Waals surface area contributed by atoms with Crippen LogP contribution in [0.3, 0.4) is 0 Å². The molecule has 6 aromatic carbocycles. The molecule has 10 rings (SSSR count). The number of aromatic nitrogens is 3. The molecule has 4 aromatic heterocycles. The standard InChI is InChI=1S/C45H27N3OS/c1-2-10-30(11-3-1)45-47-38(29-19-17-28(18-20-29)37-14-8-9-25-46-37)27-39(48-45)34-23-22-32(43-35-13-4-6-15-40(35)49-44(34)43)31-21-24-42-36(26-31)33-12-5-7-16-41(33)50-42/h1-27H. The van der Waals surface area contributed by atoms with E-state index in [1.54, 1.807) is 0 Å². The fourth-order valence-electron chi connectivity index (χ4n) is 6.96. The lowest BCUT2D eigenvalue weighted by Gasteiger charge is -2.12. The number of hydrogen-bond acceptors (Lipinski definition) is 5. The number of benzene rings is 6. The molecule has 0 amide bonds. The van der Waals surface area contributed by atoms with Gasteiger partial charge in [-0.3, -0.25) is 4.98 Å². The van der Waals surface area contributed by atoms with Crippen LogP contribution in [0.25, 0.3) is 98.4 Å². The molecular formula is C45H27N3OS. The minimum atomic E-state index is 0.662. The Hall–Kier alpha value is -6.43. The Bertz CT molecular complexity index is 2860. The average Bonchev–Trinajstić information content (AvgIpc) is 3.77. The molecule has 0 aliphatic heterocycles. The van der Waals surface area contributed by atoms with Crippen molar-refractivity contribution in [3.05, 3.63) is 164 Å². The second-order valence-corrected chi connectivity index (χ2v) is 13.5. The van der Waals surface area contributed by atoms with Gasteiger partial charge in [-0.05, 0) is 59.7 Å². The van der Waals surface area contributed by atoms with Crippen molar-refractivity contribution in [1.82, 2.24) is 15.0 Å². The monoisotopic (exact) mass is 657 g/mol. The lowest BCUT2D eigenvalue weighted by molar-refractivity contribution is 0.670. The second-order valence-electron chi connectivity index (χ2n) is 12.4. The van der Waals surface area contributed by atoms with Crippen molar-refractivity contribution in [2.45, 2.75) is 0 Å². The summed E-state index contributed by atoms with van der Waals surface area (Å²) in [7, 11) is 0. The maximum Gasteiger partial charge on any atom is 0.160 e. The summed E-state index contributed by atoms with van der Waals surface area (Å²) in [5.41, 5.74) is 10.5. The van der Waals surface area contributed by atoms with Crippen LogP contribution in [0.4, 0.5) is 0 Å². The van der Waals surface area contributed by atoms with Crippen LogP contribution in [0, 0.1) is 0 Å². The highest BCUT2D eigenvalue weighted by Gasteiger charge is 2.20. The zero-order valence-electron chi connectivity index (χ0n) is 26.7. The average molecular weight is 658 g/mol. The fourth-order valence-corrected chi connectivity index (χ4v) is 8.05.